The molecule has 4 rings (SSSR count). The first-order chi connectivity index (χ1) is 15.1. The molecule has 0 spiro atoms. The molecule has 1 aromatic heterocycles. The van der Waals surface area contributed by atoms with Crippen molar-refractivity contribution < 1.29 is 9.53 Å². The summed E-state index contributed by atoms with van der Waals surface area (Å²) in [5.41, 5.74) is 3.76. The van der Waals surface area contributed by atoms with Gasteiger partial charge in [-0.15, -0.1) is 0 Å². The minimum atomic E-state index is -0.170. The zero-order valence-corrected chi connectivity index (χ0v) is 17.7. The zero-order valence-electron chi connectivity index (χ0n) is 16.9. The predicted octanol–water partition coefficient (Wildman–Crippen LogP) is 5.07. The monoisotopic (exact) mass is 432 g/mol. The largest absolute Gasteiger partial charge is 0.383 e. The lowest BCUT2D eigenvalue weighted by Crippen LogP contribution is -2.26. The second kappa shape index (κ2) is 9.55. The molecule has 0 aliphatic carbocycles. The van der Waals surface area contributed by atoms with Gasteiger partial charge in [0.15, 0.2) is 0 Å². The number of nitrogens with zero attached hydrogens (tertiary/aromatic N) is 2. The molecule has 3 aromatic carbocycles. The third-order valence-electron chi connectivity index (χ3n) is 4.68. The summed E-state index contributed by atoms with van der Waals surface area (Å²) in [4.78, 5) is 21.7. The Morgan fingerprint density at radius 3 is 2.65 bits per heavy atom. The van der Waals surface area contributed by atoms with Crippen LogP contribution in [0.4, 0.5) is 11.6 Å². The number of hydrogen-bond acceptors (Lipinski definition) is 5. The maximum Gasteiger partial charge on any atom is 0.251 e. The van der Waals surface area contributed by atoms with E-state index in [2.05, 4.69) is 15.6 Å². The van der Waals surface area contributed by atoms with Crippen LogP contribution in [0.5, 0.6) is 0 Å². The van der Waals surface area contributed by atoms with Gasteiger partial charge in [0.05, 0.1) is 17.8 Å². The molecule has 156 valence electrons. The normalized spacial score (nSPS) is 10.8. The summed E-state index contributed by atoms with van der Waals surface area (Å²) in [5, 5.41) is 7.54. The van der Waals surface area contributed by atoms with Crippen LogP contribution in [0.25, 0.3) is 22.2 Å². The lowest BCUT2D eigenvalue weighted by Gasteiger charge is -2.12. The van der Waals surface area contributed by atoms with Gasteiger partial charge in [-0.25, -0.2) is 9.97 Å². The van der Waals surface area contributed by atoms with E-state index >= 15 is 0 Å². The molecule has 0 bridgehead atoms. The first kappa shape index (κ1) is 20.8. The molecule has 0 unspecified atom stereocenters. The summed E-state index contributed by atoms with van der Waals surface area (Å²) in [6.45, 7) is 0.904. The van der Waals surface area contributed by atoms with Crippen LogP contribution in [-0.4, -0.2) is 36.1 Å². The lowest BCUT2D eigenvalue weighted by molar-refractivity contribution is 0.0937. The Morgan fingerprint density at radius 2 is 1.84 bits per heavy atom. The van der Waals surface area contributed by atoms with Crippen LogP contribution in [0.1, 0.15) is 10.4 Å². The molecule has 0 atom stereocenters. The molecule has 0 saturated carbocycles. The van der Waals surface area contributed by atoms with Crippen LogP contribution in [0.2, 0.25) is 5.02 Å². The summed E-state index contributed by atoms with van der Waals surface area (Å²) in [6.07, 6.45) is 0. The quantitative estimate of drug-likeness (QED) is 0.399. The fraction of sp³-hybridized carbons (Fsp3) is 0.125. The molecule has 0 aliphatic rings. The molecule has 6 nitrogen and oxygen atoms in total. The molecule has 0 radical (unpaired) electrons. The SMILES string of the molecule is COCCNC(=O)c1cccc(Nc2nc(-c3ccccc3)c3ccc(Cl)cc3n2)c1. The van der Waals surface area contributed by atoms with Crippen LogP contribution >= 0.6 is 11.6 Å². The van der Waals surface area contributed by atoms with Gasteiger partial charge in [-0.2, -0.15) is 0 Å². The van der Waals surface area contributed by atoms with Gasteiger partial charge in [-0.3, -0.25) is 4.79 Å². The van der Waals surface area contributed by atoms with Crippen molar-refractivity contribution in [3.63, 3.8) is 0 Å². The second-order valence-corrected chi connectivity index (χ2v) is 7.31. The van der Waals surface area contributed by atoms with Crippen LogP contribution in [-0.2, 0) is 4.74 Å². The smallest absolute Gasteiger partial charge is 0.251 e. The molecular formula is C24H21ClN4O2. The summed E-state index contributed by atoms with van der Waals surface area (Å²) < 4.78 is 4.97. The van der Waals surface area contributed by atoms with Gasteiger partial charge in [0.1, 0.15) is 0 Å². The van der Waals surface area contributed by atoms with Gasteiger partial charge < -0.3 is 15.4 Å². The van der Waals surface area contributed by atoms with Gasteiger partial charge in [-0.05, 0) is 36.4 Å². The maximum absolute atomic E-state index is 12.3. The van der Waals surface area contributed by atoms with Crippen molar-refractivity contribution in [2.45, 2.75) is 0 Å². The van der Waals surface area contributed by atoms with E-state index in [9.17, 15) is 4.79 Å². The van der Waals surface area contributed by atoms with E-state index in [1.54, 1.807) is 19.2 Å². The lowest BCUT2D eigenvalue weighted by atomic mass is 10.1. The van der Waals surface area contributed by atoms with Gasteiger partial charge in [0.25, 0.3) is 5.91 Å². The van der Waals surface area contributed by atoms with Gasteiger partial charge in [0, 0.05) is 40.9 Å². The molecule has 31 heavy (non-hydrogen) atoms. The summed E-state index contributed by atoms with van der Waals surface area (Å²) in [6, 6.07) is 22.7. The van der Waals surface area contributed by atoms with E-state index in [1.807, 2.05) is 60.7 Å². The van der Waals surface area contributed by atoms with Crippen molar-refractivity contribution in [2.24, 2.45) is 0 Å². The number of halogens is 1. The zero-order chi connectivity index (χ0) is 21.6. The highest BCUT2D eigenvalue weighted by molar-refractivity contribution is 6.31. The van der Waals surface area contributed by atoms with Gasteiger partial charge >= 0.3 is 0 Å². The fourth-order valence-corrected chi connectivity index (χ4v) is 3.38. The number of methoxy groups -OCH3 is 1. The molecule has 2 N–H and O–H groups in total. The first-order valence-electron chi connectivity index (χ1n) is 9.81. The standard InChI is InChI=1S/C24H21ClN4O2/c1-31-13-12-26-23(30)17-8-5-9-19(14-17)27-24-28-21-15-18(25)10-11-20(21)22(29-24)16-6-3-2-4-7-16/h2-11,14-15H,12-13H2,1H3,(H,26,30)(H,27,28,29). The number of carbonyl (C=O) groups excluding carboxylic acids is 1. The Bertz CT molecular complexity index is 1210. The minimum Gasteiger partial charge on any atom is -0.383 e. The van der Waals surface area contributed by atoms with E-state index in [-0.39, 0.29) is 5.91 Å². The third-order valence-corrected chi connectivity index (χ3v) is 4.91. The van der Waals surface area contributed by atoms with Crippen LogP contribution in [0.3, 0.4) is 0 Å². The van der Waals surface area contributed by atoms with Crippen molar-refractivity contribution in [3.05, 3.63) is 83.4 Å². The van der Waals surface area contributed by atoms with Crippen molar-refractivity contribution >= 4 is 40.0 Å². The molecule has 0 saturated heterocycles. The highest BCUT2D eigenvalue weighted by Gasteiger charge is 2.12. The number of carbonyl (C=O) groups is 1. The van der Waals surface area contributed by atoms with E-state index < -0.39 is 0 Å². The average molecular weight is 433 g/mol. The number of nitrogens with one attached hydrogen (secondary N) is 2. The number of benzene rings is 3. The maximum atomic E-state index is 12.3. The Kier molecular flexibility index (Phi) is 6.40. The Morgan fingerprint density at radius 1 is 1.00 bits per heavy atom. The van der Waals surface area contributed by atoms with Crippen LogP contribution in [0, 0.1) is 0 Å². The number of amides is 1. The van der Waals surface area contributed by atoms with Crippen molar-refractivity contribution in [1.82, 2.24) is 15.3 Å². The highest BCUT2D eigenvalue weighted by atomic mass is 35.5. The molecule has 7 heteroatoms. The van der Waals surface area contributed by atoms with E-state index in [0.29, 0.717) is 35.4 Å². The number of aromatic nitrogens is 2. The number of anilines is 2. The Labute approximate surface area is 185 Å². The van der Waals surface area contributed by atoms with E-state index in [4.69, 9.17) is 21.3 Å². The number of rotatable bonds is 7. The van der Waals surface area contributed by atoms with Crippen LogP contribution in [0.15, 0.2) is 72.8 Å². The minimum absolute atomic E-state index is 0.170. The van der Waals surface area contributed by atoms with Crippen molar-refractivity contribution in [2.75, 3.05) is 25.6 Å². The fourth-order valence-electron chi connectivity index (χ4n) is 3.21. The van der Waals surface area contributed by atoms with E-state index in [1.165, 1.54) is 0 Å². The Balaban J connectivity index is 1.68. The number of fused-ring (bicyclic) bond motifs is 1. The topological polar surface area (TPSA) is 76.1 Å². The molecule has 1 amide bonds. The third kappa shape index (κ3) is 4.99. The van der Waals surface area contributed by atoms with Crippen LogP contribution < -0.4 is 10.6 Å². The Hall–Kier alpha value is -3.48. The van der Waals surface area contributed by atoms with Crippen molar-refractivity contribution in [3.8, 4) is 11.3 Å². The molecular weight excluding hydrogens is 412 g/mol. The van der Waals surface area contributed by atoms with Gasteiger partial charge in [-0.1, -0.05) is 48.0 Å². The summed E-state index contributed by atoms with van der Waals surface area (Å²) in [7, 11) is 1.59. The highest BCUT2D eigenvalue weighted by Crippen LogP contribution is 2.29. The number of hydrogen-bond donors (Lipinski definition) is 2. The predicted molar refractivity (Wildman–Crippen MR) is 124 cm³/mol. The first-order valence-corrected chi connectivity index (χ1v) is 10.2. The molecule has 4 aromatic rings. The van der Waals surface area contributed by atoms with E-state index in [0.717, 1.165) is 22.2 Å². The van der Waals surface area contributed by atoms with Crippen molar-refractivity contribution in [1.29, 1.82) is 0 Å². The molecule has 1 heterocycles. The molecule has 0 aliphatic heterocycles. The number of ether oxygens (including phenoxy) is 1. The summed E-state index contributed by atoms with van der Waals surface area (Å²) in [5.74, 6) is 0.252. The van der Waals surface area contributed by atoms with Gasteiger partial charge in [0.2, 0.25) is 5.95 Å². The average Bonchev–Trinajstić information content (AvgIpc) is 2.79. The second-order valence-electron chi connectivity index (χ2n) is 6.88. The molecule has 0 fully saturated rings. The summed E-state index contributed by atoms with van der Waals surface area (Å²) >= 11 is 6.20.